The summed E-state index contributed by atoms with van der Waals surface area (Å²) >= 11 is 0. The molecule has 0 fully saturated rings. The van der Waals surface area contributed by atoms with Gasteiger partial charge in [-0.2, -0.15) is 0 Å². The Kier molecular flexibility index (Phi) is 3.59. The Morgan fingerprint density at radius 3 is 2.59 bits per heavy atom. The minimum Gasteiger partial charge on any atom is -0.493 e. The summed E-state index contributed by atoms with van der Waals surface area (Å²) in [7, 11) is -1.17. The van der Waals surface area contributed by atoms with Crippen LogP contribution in [0.3, 0.4) is 0 Å². The van der Waals surface area contributed by atoms with Crippen molar-refractivity contribution in [1.29, 1.82) is 0 Å². The van der Waals surface area contributed by atoms with Gasteiger partial charge in [0.15, 0.2) is 0 Å². The Morgan fingerprint density at radius 2 is 1.94 bits per heavy atom. The van der Waals surface area contributed by atoms with E-state index in [1.54, 1.807) is 0 Å². The first-order valence-corrected chi connectivity index (χ1v) is 6.67. The molecule has 17 heavy (non-hydrogen) atoms. The number of benzene rings is 2. The fourth-order valence-corrected chi connectivity index (χ4v) is 2.57. The standard InChI is InChI=1S/C14H14O2S/c1-3-16-13-9-10-14(17(15)4-2)12-8-6-5-7-11(12)13/h4-10H,2-3H2,1H3. The lowest BCUT2D eigenvalue weighted by molar-refractivity contribution is 0.344. The van der Waals surface area contributed by atoms with Crippen molar-refractivity contribution in [2.24, 2.45) is 0 Å². The first kappa shape index (κ1) is 11.9. The molecule has 0 radical (unpaired) electrons. The highest BCUT2D eigenvalue weighted by atomic mass is 32.2. The van der Waals surface area contributed by atoms with Crippen LogP contribution < -0.4 is 4.74 Å². The highest BCUT2D eigenvalue weighted by molar-refractivity contribution is 7.88. The van der Waals surface area contributed by atoms with Gasteiger partial charge >= 0.3 is 0 Å². The van der Waals surface area contributed by atoms with Gasteiger partial charge in [0.1, 0.15) is 5.75 Å². The Balaban J connectivity index is 2.70. The van der Waals surface area contributed by atoms with E-state index in [1.165, 1.54) is 5.41 Å². The smallest absolute Gasteiger partial charge is 0.127 e. The number of hydrogen-bond acceptors (Lipinski definition) is 2. The number of rotatable bonds is 4. The molecule has 0 saturated carbocycles. The van der Waals surface area contributed by atoms with Crippen LogP contribution >= 0.6 is 0 Å². The quantitative estimate of drug-likeness (QED) is 0.825. The molecule has 88 valence electrons. The summed E-state index contributed by atoms with van der Waals surface area (Å²) in [4.78, 5) is 0.777. The van der Waals surface area contributed by atoms with Crippen molar-refractivity contribution in [3.8, 4) is 5.75 Å². The summed E-state index contributed by atoms with van der Waals surface area (Å²) in [6, 6.07) is 11.5. The summed E-state index contributed by atoms with van der Waals surface area (Å²) in [6.45, 7) is 6.14. The third kappa shape index (κ3) is 2.24. The maximum atomic E-state index is 11.8. The van der Waals surface area contributed by atoms with Crippen LogP contribution in [-0.2, 0) is 10.8 Å². The normalized spacial score (nSPS) is 12.3. The van der Waals surface area contributed by atoms with E-state index in [4.69, 9.17) is 4.74 Å². The van der Waals surface area contributed by atoms with E-state index in [0.717, 1.165) is 21.4 Å². The van der Waals surface area contributed by atoms with Gasteiger partial charge in [0.2, 0.25) is 0 Å². The van der Waals surface area contributed by atoms with Crippen LogP contribution in [-0.4, -0.2) is 10.8 Å². The lowest BCUT2D eigenvalue weighted by Gasteiger charge is -2.10. The minimum atomic E-state index is -1.17. The van der Waals surface area contributed by atoms with Gasteiger partial charge in [-0.05, 0) is 19.1 Å². The van der Waals surface area contributed by atoms with Crippen LogP contribution in [0, 0.1) is 0 Å². The Bertz CT molecular complexity index is 575. The monoisotopic (exact) mass is 246 g/mol. The van der Waals surface area contributed by atoms with Gasteiger partial charge in [-0.15, -0.1) is 0 Å². The third-order valence-corrected chi connectivity index (χ3v) is 3.60. The Hall–Kier alpha value is -1.61. The Morgan fingerprint density at radius 1 is 1.24 bits per heavy atom. The van der Waals surface area contributed by atoms with Crippen molar-refractivity contribution in [3.63, 3.8) is 0 Å². The third-order valence-electron chi connectivity index (χ3n) is 2.51. The molecule has 2 rings (SSSR count). The second kappa shape index (κ2) is 5.15. The maximum Gasteiger partial charge on any atom is 0.127 e. The van der Waals surface area contributed by atoms with Crippen LogP contribution in [0.25, 0.3) is 10.8 Å². The molecule has 0 bridgehead atoms. The second-order valence-electron chi connectivity index (χ2n) is 3.50. The van der Waals surface area contributed by atoms with E-state index in [0.29, 0.717) is 6.61 Å². The molecule has 0 N–H and O–H groups in total. The Labute approximate surface area is 103 Å². The lowest BCUT2D eigenvalue weighted by Crippen LogP contribution is -1.95. The molecule has 2 nitrogen and oxygen atoms in total. The summed E-state index contributed by atoms with van der Waals surface area (Å²) in [5.41, 5.74) is 0. The molecular formula is C14H14O2S. The van der Waals surface area contributed by atoms with Crippen molar-refractivity contribution < 1.29 is 8.95 Å². The average Bonchev–Trinajstić information content (AvgIpc) is 2.38. The summed E-state index contributed by atoms with van der Waals surface area (Å²) < 4.78 is 17.4. The van der Waals surface area contributed by atoms with Gasteiger partial charge in [-0.3, -0.25) is 0 Å². The van der Waals surface area contributed by atoms with Crippen molar-refractivity contribution >= 4 is 21.6 Å². The number of ether oxygens (including phenoxy) is 1. The van der Waals surface area contributed by atoms with E-state index in [9.17, 15) is 4.21 Å². The molecule has 1 unspecified atom stereocenters. The van der Waals surface area contributed by atoms with Crippen molar-refractivity contribution in [2.75, 3.05) is 6.61 Å². The van der Waals surface area contributed by atoms with Crippen molar-refractivity contribution in [2.45, 2.75) is 11.8 Å². The molecule has 0 spiro atoms. The van der Waals surface area contributed by atoms with Gasteiger partial charge in [0, 0.05) is 16.2 Å². The number of fused-ring (bicyclic) bond motifs is 1. The molecule has 0 aromatic heterocycles. The number of hydrogen-bond donors (Lipinski definition) is 0. The molecule has 0 aliphatic carbocycles. The highest BCUT2D eigenvalue weighted by Gasteiger charge is 2.09. The van der Waals surface area contributed by atoms with E-state index < -0.39 is 10.8 Å². The molecule has 0 saturated heterocycles. The van der Waals surface area contributed by atoms with Gasteiger partial charge in [-0.1, -0.05) is 30.8 Å². The van der Waals surface area contributed by atoms with E-state index in [1.807, 2.05) is 43.3 Å². The molecule has 0 aliphatic heterocycles. The topological polar surface area (TPSA) is 26.3 Å². The fraction of sp³-hybridized carbons (Fsp3) is 0.143. The first-order valence-electron chi connectivity index (χ1n) is 5.45. The zero-order chi connectivity index (χ0) is 12.3. The largest absolute Gasteiger partial charge is 0.493 e. The molecule has 0 aliphatic rings. The summed E-state index contributed by atoms with van der Waals surface area (Å²) in [5, 5.41) is 3.39. The first-order chi connectivity index (χ1) is 8.27. The summed E-state index contributed by atoms with van der Waals surface area (Å²) in [6.07, 6.45) is 0. The second-order valence-corrected chi connectivity index (χ2v) is 4.87. The fourth-order valence-electron chi connectivity index (χ4n) is 1.79. The summed E-state index contributed by atoms with van der Waals surface area (Å²) in [5.74, 6) is 0.827. The van der Waals surface area contributed by atoms with Crippen molar-refractivity contribution in [3.05, 3.63) is 48.4 Å². The van der Waals surface area contributed by atoms with Gasteiger partial charge in [0.05, 0.1) is 22.3 Å². The molecule has 2 aromatic rings. The van der Waals surface area contributed by atoms with Crippen LogP contribution in [0.5, 0.6) is 5.75 Å². The van der Waals surface area contributed by atoms with Crippen LogP contribution in [0.4, 0.5) is 0 Å². The SMILES string of the molecule is C=CS(=O)c1ccc(OCC)c2ccccc12. The zero-order valence-electron chi connectivity index (χ0n) is 9.68. The van der Waals surface area contributed by atoms with Crippen LogP contribution in [0.1, 0.15) is 6.92 Å². The molecule has 3 heteroatoms. The van der Waals surface area contributed by atoms with Gasteiger partial charge in [0.25, 0.3) is 0 Å². The highest BCUT2D eigenvalue weighted by Crippen LogP contribution is 2.30. The van der Waals surface area contributed by atoms with E-state index in [-0.39, 0.29) is 0 Å². The van der Waals surface area contributed by atoms with E-state index in [2.05, 4.69) is 6.58 Å². The molecule has 1 atom stereocenters. The van der Waals surface area contributed by atoms with Crippen LogP contribution in [0.15, 0.2) is 53.3 Å². The molecule has 0 amide bonds. The zero-order valence-corrected chi connectivity index (χ0v) is 10.5. The molecule has 0 heterocycles. The predicted molar refractivity (Wildman–Crippen MR) is 71.7 cm³/mol. The van der Waals surface area contributed by atoms with Gasteiger partial charge in [-0.25, -0.2) is 4.21 Å². The maximum absolute atomic E-state index is 11.8. The lowest BCUT2D eigenvalue weighted by atomic mass is 10.1. The van der Waals surface area contributed by atoms with Gasteiger partial charge < -0.3 is 4.74 Å². The molecular weight excluding hydrogens is 232 g/mol. The van der Waals surface area contributed by atoms with E-state index >= 15 is 0 Å². The molecule has 2 aromatic carbocycles. The predicted octanol–water partition coefficient (Wildman–Crippen LogP) is 3.49. The average molecular weight is 246 g/mol. The van der Waals surface area contributed by atoms with Crippen LogP contribution in [0.2, 0.25) is 0 Å². The van der Waals surface area contributed by atoms with Crippen molar-refractivity contribution in [1.82, 2.24) is 0 Å². The minimum absolute atomic E-state index is 0.619.